The number of hydrogen-bond donors (Lipinski definition) is 1. The molecule has 0 aliphatic heterocycles. The highest BCUT2D eigenvalue weighted by Gasteiger charge is 2.14. The molecule has 0 radical (unpaired) electrons. The molecule has 0 aromatic heterocycles. The van der Waals surface area contributed by atoms with Crippen molar-refractivity contribution >= 4 is 0 Å². The van der Waals surface area contributed by atoms with Gasteiger partial charge in [0, 0.05) is 5.56 Å². The van der Waals surface area contributed by atoms with Gasteiger partial charge in [0.2, 0.25) is 0 Å². The molecule has 20 heavy (non-hydrogen) atoms. The lowest BCUT2D eigenvalue weighted by Crippen LogP contribution is -2.13. The minimum absolute atomic E-state index is 0.208. The Bertz CT molecular complexity index is 564. The van der Waals surface area contributed by atoms with Crippen molar-refractivity contribution < 1.29 is 9.47 Å². The second-order valence-corrected chi connectivity index (χ2v) is 4.73. The lowest BCUT2D eigenvalue weighted by molar-refractivity contribution is 0.340. The number of aryl methyl sites for hydroxylation is 1. The predicted octanol–water partition coefficient (Wildman–Crippen LogP) is 3.45. The first-order chi connectivity index (χ1) is 9.65. The Balaban J connectivity index is 2.30. The molecule has 0 heterocycles. The molecule has 0 fully saturated rings. The van der Waals surface area contributed by atoms with Gasteiger partial charge in [0.05, 0.1) is 19.8 Å². The Morgan fingerprint density at radius 1 is 1.10 bits per heavy atom. The summed E-state index contributed by atoms with van der Waals surface area (Å²) in [6.45, 7) is 4.68. The van der Waals surface area contributed by atoms with Crippen molar-refractivity contribution in [3.8, 4) is 11.5 Å². The average molecular weight is 271 g/mol. The Kier molecular flexibility index (Phi) is 4.64. The maximum absolute atomic E-state index is 6.36. The predicted molar refractivity (Wildman–Crippen MR) is 81.4 cm³/mol. The zero-order valence-electron chi connectivity index (χ0n) is 12.2. The molecule has 0 saturated heterocycles. The van der Waals surface area contributed by atoms with Crippen LogP contribution in [0.25, 0.3) is 0 Å². The summed E-state index contributed by atoms with van der Waals surface area (Å²) in [5.74, 6) is 1.68. The van der Waals surface area contributed by atoms with Gasteiger partial charge in [0.1, 0.15) is 11.5 Å². The van der Waals surface area contributed by atoms with Crippen molar-refractivity contribution in [2.24, 2.45) is 5.73 Å². The first kappa shape index (κ1) is 14.4. The van der Waals surface area contributed by atoms with Crippen molar-refractivity contribution in [1.29, 1.82) is 0 Å². The third-order valence-corrected chi connectivity index (χ3v) is 3.27. The monoisotopic (exact) mass is 271 g/mol. The lowest BCUT2D eigenvalue weighted by atomic mass is 9.97. The smallest absolute Gasteiger partial charge is 0.123 e. The van der Waals surface area contributed by atoms with Crippen LogP contribution in [0.3, 0.4) is 0 Å². The molecule has 0 amide bonds. The van der Waals surface area contributed by atoms with Gasteiger partial charge in [-0.2, -0.15) is 0 Å². The number of nitrogens with two attached hydrogens (primary N) is 1. The van der Waals surface area contributed by atoms with Crippen molar-refractivity contribution in [2.75, 3.05) is 13.7 Å². The normalized spacial score (nSPS) is 12.0. The van der Waals surface area contributed by atoms with Crippen LogP contribution < -0.4 is 15.2 Å². The molecule has 1 atom stereocenters. The summed E-state index contributed by atoms with van der Waals surface area (Å²) in [6, 6.07) is 13.7. The van der Waals surface area contributed by atoms with Crippen LogP contribution in [0.4, 0.5) is 0 Å². The van der Waals surface area contributed by atoms with Crippen LogP contribution in [0.15, 0.2) is 42.5 Å². The van der Waals surface area contributed by atoms with Crippen LogP contribution in [-0.4, -0.2) is 13.7 Å². The van der Waals surface area contributed by atoms with Crippen molar-refractivity contribution in [3.63, 3.8) is 0 Å². The Labute approximate surface area is 120 Å². The molecule has 1 unspecified atom stereocenters. The molecule has 3 heteroatoms. The fraction of sp³-hybridized carbons (Fsp3) is 0.294. The minimum Gasteiger partial charge on any atom is -0.496 e. The van der Waals surface area contributed by atoms with Gasteiger partial charge in [0.25, 0.3) is 0 Å². The van der Waals surface area contributed by atoms with Gasteiger partial charge in [-0.15, -0.1) is 0 Å². The summed E-state index contributed by atoms with van der Waals surface area (Å²) < 4.78 is 10.8. The number of hydrogen-bond acceptors (Lipinski definition) is 3. The molecule has 3 nitrogen and oxygen atoms in total. The van der Waals surface area contributed by atoms with E-state index in [1.165, 1.54) is 5.56 Å². The SMILES string of the molecule is CCOc1ccc(C(N)c2cc(C)ccc2OC)cc1. The number of methoxy groups -OCH3 is 1. The number of rotatable bonds is 5. The summed E-state index contributed by atoms with van der Waals surface area (Å²) in [5.41, 5.74) is 9.57. The van der Waals surface area contributed by atoms with Gasteiger partial charge in [0.15, 0.2) is 0 Å². The van der Waals surface area contributed by atoms with Crippen molar-refractivity contribution in [1.82, 2.24) is 0 Å². The Morgan fingerprint density at radius 3 is 2.40 bits per heavy atom. The van der Waals surface area contributed by atoms with Gasteiger partial charge < -0.3 is 15.2 Å². The van der Waals surface area contributed by atoms with E-state index in [1.54, 1.807) is 7.11 Å². The van der Waals surface area contributed by atoms with Crippen LogP contribution in [0, 0.1) is 6.92 Å². The molecule has 0 saturated carbocycles. The maximum Gasteiger partial charge on any atom is 0.123 e. The highest BCUT2D eigenvalue weighted by Crippen LogP contribution is 2.30. The van der Waals surface area contributed by atoms with E-state index in [0.717, 1.165) is 22.6 Å². The van der Waals surface area contributed by atoms with E-state index in [1.807, 2.05) is 50.2 Å². The van der Waals surface area contributed by atoms with Gasteiger partial charge in [-0.3, -0.25) is 0 Å². The highest BCUT2D eigenvalue weighted by molar-refractivity contribution is 5.44. The molecule has 0 aliphatic rings. The van der Waals surface area contributed by atoms with E-state index >= 15 is 0 Å². The first-order valence-electron chi connectivity index (χ1n) is 6.78. The minimum atomic E-state index is -0.208. The number of benzene rings is 2. The van der Waals surface area contributed by atoms with Gasteiger partial charge in [-0.1, -0.05) is 29.8 Å². The second kappa shape index (κ2) is 6.44. The largest absolute Gasteiger partial charge is 0.496 e. The zero-order chi connectivity index (χ0) is 14.5. The van der Waals surface area contributed by atoms with Crippen LogP contribution in [-0.2, 0) is 0 Å². The van der Waals surface area contributed by atoms with E-state index in [4.69, 9.17) is 15.2 Å². The summed E-state index contributed by atoms with van der Waals surface area (Å²) in [7, 11) is 1.67. The molecule has 2 rings (SSSR count). The van der Waals surface area contributed by atoms with Crippen LogP contribution in [0.5, 0.6) is 11.5 Å². The Hall–Kier alpha value is -2.00. The van der Waals surface area contributed by atoms with E-state index in [0.29, 0.717) is 6.61 Å². The lowest BCUT2D eigenvalue weighted by Gasteiger charge is -2.17. The molecule has 2 aromatic rings. The summed E-state index contributed by atoms with van der Waals surface area (Å²) in [4.78, 5) is 0. The van der Waals surface area contributed by atoms with Gasteiger partial charge in [-0.05, 0) is 37.6 Å². The molecule has 0 aliphatic carbocycles. The summed E-state index contributed by atoms with van der Waals surface area (Å²) >= 11 is 0. The topological polar surface area (TPSA) is 44.5 Å². The van der Waals surface area contributed by atoms with E-state index in [2.05, 4.69) is 6.07 Å². The molecule has 0 bridgehead atoms. The fourth-order valence-corrected chi connectivity index (χ4v) is 2.21. The van der Waals surface area contributed by atoms with Crippen LogP contribution in [0.2, 0.25) is 0 Å². The third kappa shape index (κ3) is 3.11. The molecular weight excluding hydrogens is 250 g/mol. The summed E-state index contributed by atoms with van der Waals surface area (Å²) in [5, 5.41) is 0. The fourth-order valence-electron chi connectivity index (χ4n) is 2.21. The highest BCUT2D eigenvalue weighted by atomic mass is 16.5. The van der Waals surface area contributed by atoms with Crippen molar-refractivity contribution in [3.05, 3.63) is 59.2 Å². The van der Waals surface area contributed by atoms with Crippen molar-refractivity contribution in [2.45, 2.75) is 19.9 Å². The number of ether oxygens (including phenoxy) is 2. The van der Waals surface area contributed by atoms with E-state index in [9.17, 15) is 0 Å². The van der Waals surface area contributed by atoms with Gasteiger partial charge >= 0.3 is 0 Å². The van der Waals surface area contributed by atoms with Crippen LogP contribution in [0.1, 0.15) is 29.7 Å². The summed E-state index contributed by atoms with van der Waals surface area (Å²) in [6.07, 6.45) is 0. The molecule has 0 spiro atoms. The first-order valence-corrected chi connectivity index (χ1v) is 6.78. The molecule has 106 valence electrons. The standard InChI is InChI=1S/C17H21NO2/c1-4-20-14-8-6-13(7-9-14)17(18)15-11-12(2)5-10-16(15)19-3/h5-11,17H,4,18H2,1-3H3. The third-order valence-electron chi connectivity index (χ3n) is 3.27. The van der Waals surface area contributed by atoms with E-state index in [-0.39, 0.29) is 6.04 Å². The quantitative estimate of drug-likeness (QED) is 0.906. The van der Waals surface area contributed by atoms with E-state index < -0.39 is 0 Å². The second-order valence-electron chi connectivity index (χ2n) is 4.73. The average Bonchev–Trinajstić information content (AvgIpc) is 2.47. The van der Waals surface area contributed by atoms with Gasteiger partial charge in [-0.25, -0.2) is 0 Å². The maximum atomic E-state index is 6.36. The Morgan fingerprint density at radius 2 is 1.80 bits per heavy atom. The van der Waals surface area contributed by atoms with Crippen LogP contribution >= 0.6 is 0 Å². The zero-order valence-corrected chi connectivity index (χ0v) is 12.2. The molecular formula is C17H21NO2. The molecule has 2 aromatic carbocycles. The molecule has 2 N–H and O–H groups in total.